The highest BCUT2D eigenvalue weighted by Crippen LogP contribution is 2.23. The molecule has 0 saturated carbocycles. The smallest absolute Gasteiger partial charge is 0.323 e. The zero-order valence-electron chi connectivity index (χ0n) is 10.1. The molecule has 2 amide bonds. The average molecular weight is 314 g/mol. The Balaban J connectivity index is 2.09. The summed E-state index contributed by atoms with van der Waals surface area (Å²) in [6, 6.07) is 7.77. The number of hydrogen-bond acceptors (Lipinski definition) is 2. The molecular weight excluding hydrogens is 304 g/mol. The van der Waals surface area contributed by atoms with Crippen LogP contribution in [0.4, 0.5) is 26.2 Å². The second-order valence-electron chi connectivity index (χ2n) is 3.97. The first-order chi connectivity index (χ1) is 9.44. The molecule has 0 heterocycles. The molecule has 0 aliphatic heterocycles. The molecule has 0 aliphatic rings. The van der Waals surface area contributed by atoms with Crippen LogP contribution in [0.2, 0.25) is 10.0 Å². The maximum atomic E-state index is 12.9. The molecule has 0 aromatic heterocycles. The Labute approximate surface area is 124 Å². The Morgan fingerprint density at radius 1 is 1.05 bits per heavy atom. The molecule has 0 fully saturated rings. The van der Waals surface area contributed by atoms with Gasteiger partial charge in [0.05, 0.1) is 11.4 Å². The largest absolute Gasteiger partial charge is 0.397 e. The van der Waals surface area contributed by atoms with E-state index >= 15 is 0 Å². The van der Waals surface area contributed by atoms with E-state index in [1.165, 1.54) is 12.1 Å². The van der Waals surface area contributed by atoms with Gasteiger partial charge < -0.3 is 16.4 Å². The van der Waals surface area contributed by atoms with Crippen molar-refractivity contribution in [3.8, 4) is 0 Å². The Hall–Kier alpha value is -1.98. The molecule has 7 heteroatoms. The van der Waals surface area contributed by atoms with Crippen LogP contribution in [-0.2, 0) is 0 Å². The summed E-state index contributed by atoms with van der Waals surface area (Å²) >= 11 is 11.6. The van der Waals surface area contributed by atoms with E-state index in [2.05, 4.69) is 10.6 Å². The summed E-state index contributed by atoms with van der Waals surface area (Å²) in [6.07, 6.45) is 0. The molecule has 104 valence electrons. The van der Waals surface area contributed by atoms with E-state index in [0.717, 1.165) is 6.07 Å². The summed E-state index contributed by atoms with van der Waals surface area (Å²) in [4.78, 5) is 11.8. The predicted octanol–water partition coefficient (Wildman–Crippen LogP) is 4.36. The van der Waals surface area contributed by atoms with Gasteiger partial charge in [-0.1, -0.05) is 23.2 Å². The lowest BCUT2D eigenvalue weighted by Crippen LogP contribution is -2.20. The van der Waals surface area contributed by atoms with Gasteiger partial charge in [-0.2, -0.15) is 0 Å². The van der Waals surface area contributed by atoms with Crippen molar-refractivity contribution in [3.63, 3.8) is 0 Å². The van der Waals surface area contributed by atoms with Crippen LogP contribution in [0.25, 0.3) is 0 Å². The molecule has 0 unspecified atom stereocenters. The predicted molar refractivity (Wildman–Crippen MR) is 79.9 cm³/mol. The van der Waals surface area contributed by atoms with Crippen molar-refractivity contribution in [2.75, 3.05) is 16.4 Å². The van der Waals surface area contributed by atoms with Crippen molar-refractivity contribution in [3.05, 3.63) is 52.3 Å². The van der Waals surface area contributed by atoms with Gasteiger partial charge in [-0.25, -0.2) is 9.18 Å². The summed E-state index contributed by atoms with van der Waals surface area (Å²) in [7, 11) is 0. The minimum absolute atomic E-state index is 0.129. The van der Waals surface area contributed by atoms with Crippen LogP contribution in [0.1, 0.15) is 0 Å². The van der Waals surface area contributed by atoms with Gasteiger partial charge in [0.2, 0.25) is 0 Å². The summed E-state index contributed by atoms with van der Waals surface area (Å²) in [5, 5.41) is 5.84. The number of benzene rings is 2. The number of rotatable bonds is 2. The molecule has 4 N–H and O–H groups in total. The van der Waals surface area contributed by atoms with Crippen molar-refractivity contribution in [2.45, 2.75) is 0 Å². The van der Waals surface area contributed by atoms with Gasteiger partial charge >= 0.3 is 6.03 Å². The Morgan fingerprint density at radius 3 is 2.30 bits per heavy atom. The van der Waals surface area contributed by atoms with Gasteiger partial charge in [0.25, 0.3) is 0 Å². The fourth-order valence-corrected chi connectivity index (χ4v) is 2.08. The van der Waals surface area contributed by atoms with E-state index < -0.39 is 11.8 Å². The second-order valence-corrected chi connectivity index (χ2v) is 4.84. The molecule has 20 heavy (non-hydrogen) atoms. The van der Waals surface area contributed by atoms with Gasteiger partial charge in [0.15, 0.2) is 0 Å². The third kappa shape index (κ3) is 3.76. The molecule has 0 atom stereocenters. The first-order valence-corrected chi connectivity index (χ1v) is 6.29. The van der Waals surface area contributed by atoms with Crippen LogP contribution >= 0.6 is 23.2 Å². The van der Waals surface area contributed by atoms with E-state index in [1.54, 1.807) is 18.2 Å². The van der Waals surface area contributed by atoms with Crippen molar-refractivity contribution < 1.29 is 9.18 Å². The fourth-order valence-electron chi connectivity index (χ4n) is 1.56. The highest BCUT2D eigenvalue weighted by atomic mass is 35.5. The molecular formula is C13H10Cl2FN3O. The number of nitrogens with two attached hydrogens (primary N) is 1. The number of halogens is 3. The summed E-state index contributed by atoms with van der Waals surface area (Å²) in [5.74, 6) is -0.477. The van der Waals surface area contributed by atoms with Crippen molar-refractivity contribution in [2.24, 2.45) is 0 Å². The number of hydrogen-bond donors (Lipinski definition) is 3. The molecule has 2 rings (SSSR count). The monoisotopic (exact) mass is 313 g/mol. The maximum Gasteiger partial charge on any atom is 0.323 e. The zero-order valence-corrected chi connectivity index (χ0v) is 11.6. The van der Waals surface area contributed by atoms with Crippen molar-refractivity contribution >= 4 is 46.3 Å². The standard InChI is InChI=1S/C13H10Cl2FN3O/c14-7-3-8(15)5-10(4-7)18-13(20)19-12-2-1-9(16)6-11(12)17/h1-6H,17H2,(H2,18,19,20). The second kappa shape index (κ2) is 5.98. The highest BCUT2D eigenvalue weighted by Gasteiger charge is 2.07. The van der Waals surface area contributed by atoms with Crippen LogP contribution in [0.5, 0.6) is 0 Å². The third-order valence-electron chi connectivity index (χ3n) is 2.38. The maximum absolute atomic E-state index is 12.9. The first-order valence-electron chi connectivity index (χ1n) is 5.53. The fraction of sp³-hybridized carbons (Fsp3) is 0. The lowest BCUT2D eigenvalue weighted by molar-refractivity contribution is 0.262. The van der Waals surface area contributed by atoms with Crippen LogP contribution in [-0.4, -0.2) is 6.03 Å². The molecule has 0 spiro atoms. The minimum Gasteiger partial charge on any atom is -0.397 e. The van der Waals surface area contributed by atoms with Crippen molar-refractivity contribution in [1.82, 2.24) is 0 Å². The van der Waals surface area contributed by atoms with E-state index in [-0.39, 0.29) is 5.69 Å². The van der Waals surface area contributed by atoms with Gasteiger partial charge in [0.1, 0.15) is 5.82 Å². The molecule has 0 bridgehead atoms. The van der Waals surface area contributed by atoms with Gasteiger partial charge in [-0.15, -0.1) is 0 Å². The average Bonchev–Trinajstić information content (AvgIpc) is 2.31. The number of urea groups is 1. The van der Waals surface area contributed by atoms with E-state index in [9.17, 15) is 9.18 Å². The Bertz CT molecular complexity index is 644. The molecule has 4 nitrogen and oxygen atoms in total. The minimum atomic E-state index is -0.540. The number of amides is 2. The van der Waals surface area contributed by atoms with Gasteiger partial charge in [0, 0.05) is 15.7 Å². The number of nitrogen functional groups attached to an aromatic ring is 1. The Morgan fingerprint density at radius 2 is 1.70 bits per heavy atom. The molecule has 0 aliphatic carbocycles. The molecule has 0 saturated heterocycles. The highest BCUT2D eigenvalue weighted by molar-refractivity contribution is 6.35. The van der Waals surface area contributed by atoms with Crippen LogP contribution in [0.15, 0.2) is 36.4 Å². The molecule has 2 aromatic rings. The molecule has 2 aromatic carbocycles. The Kier molecular flexibility index (Phi) is 4.32. The van der Waals surface area contributed by atoms with E-state index in [1.807, 2.05) is 0 Å². The SMILES string of the molecule is Nc1cc(F)ccc1NC(=O)Nc1cc(Cl)cc(Cl)c1. The lowest BCUT2D eigenvalue weighted by atomic mass is 10.2. The normalized spacial score (nSPS) is 10.2. The first kappa shape index (κ1) is 14.4. The number of carbonyl (C=O) groups excluding carboxylic acids is 1. The quantitative estimate of drug-likeness (QED) is 0.721. The summed E-state index contributed by atoms with van der Waals surface area (Å²) in [6.45, 7) is 0. The van der Waals surface area contributed by atoms with E-state index in [4.69, 9.17) is 28.9 Å². The summed E-state index contributed by atoms with van der Waals surface area (Å²) < 4.78 is 12.9. The number of anilines is 3. The third-order valence-corrected chi connectivity index (χ3v) is 2.82. The van der Waals surface area contributed by atoms with Gasteiger partial charge in [-0.3, -0.25) is 0 Å². The topological polar surface area (TPSA) is 67.1 Å². The lowest BCUT2D eigenvalue weighted by Gasteiger charge is -2.10. The van der Waals surface area contributed by atoms with Gasteiger partial charge in [-0.05, 0) is 36.4 Å². The molecule has 0 radical (unpaired) electrons. The summed E-state index contributed by atoms with van der Waals surface area (Å²) in [5.41, 5.74) is 6.45. The van der Waals surface area contributed by atoms with Crippen LogP contribution in [0, 0.1) is 5.82 Å². The van der Waals surface area contributed by atoms with E-state index in [0.29, 0.717) is 21.4 Å². The van der Waals surface area contributed by atoms with Crippen molar-refractivity contribution in [1.29, 1.82) is 0 Å². The number of nitrogens with one attached hydrogen (secondary N) is 2. The van der Waals surface area contributed by atoms with Crippen LogP contribution in [0.3, 0.4) is 0 Å². The zero-order chi connectivity index (χ0) is 14.7. The van der Waals surface area contributed by atoms with Crippen LogP contribution < -0.4 is 16.4 Å². The number of carbonyl (C=O) groups is 1.